The highest BCUT2D eigenvalue weighted by Crippen LogP contribution is 2.11. The van der Waals surface area contributed by atoms with Crippen LogP contribution in [0, 0.1) is 0 Å². The number of nitrogens with one attached hydrogen (secondary N) is 1. The molecule has 0 radical (unpaired) electrons. The van der Waals surface area contributed by atoms with Crippen LogP contribution in [0.5, 0.6) is 0 Å². The van der Waals surface area contributed by atoms with E-state index in [1.807, 2.05) is 6.92 Å². The third kappa shape index (κ3) is 5.62. The van der Waals surface area contributed by atoms with E-state index >= 15 is 0 Å². The second-order valence-electron chi connectivity index (χ2n) is 3.00. The number of hydrogen-bond donors (Lipinski definition) is 1. The molecule has 0 atom stereocenters. The quantitative estimate of drug-likeness (QED) is 0.488. The van der Waals surface area contributed by atoms with Crippen LogP contribution < -0.4 is 5.43 Å². The fourth-order valence-electron chi connectivity index (χ4n) is 0.354. The number of rotatable bonds is 4. The topological polar surface area (TPSA) is 36.8 Å². The van der Waals surface area contributed by atoms with Gasteiger partial charge in [-0.05, 0) is 27.2 Å². The molecule has 0 aliphatic rings. The first-order valence-corrected chi connectivity index (χ1v) is 4.02. The second kappa shape index (κ2) is 4.91. The molecule has 0 heterocycles. The molecule has 3 heteroatoms. The first-order valence-electron chi connectivity index (χ1n) is 4.02. The summed E-state index contributed by atoms with van der Waals surface area (Å²) in [7, 11) is 0. The summed E-state index contributed by atoms with van der Waals surface area (Å²) in [5.41, 5.74) is 2.74. The van der Waals surface area contributed by atoms with Gasteiger partial charge in [-0.15, -0.1) is 5.10 Å². The van der Waals surface area contributed by atoms with Crippen molar-refractivity contribution in [1.29, 1.82) is 0 Å². The van der Waals surface area contributed by atoms with Crippen molar-refractivity contribution in [2.45, 2.75) is 39.7 Å². The third-order valence-electron chi connectivity index (χ3n) is 1.51. The third-order valence-corrected chi connectivity index (χ3v) is 1.51. The maximum absolute atomic E-state index is 4.13. The Kier molecular flexibility index (Phi) is 4.55. The Hall–Kier alpha value is -0.820. The highest BCUT2D eigenvalue weighted by molar-refractivity contribution is 5.41. The molecule has 0 spiro atoms. The van der Waals surface area contributed by atoms with Crippen molar-refractivity contribution in [3.63, 3.8) is 0 Å². The lowest BCUT2D eigenvalue weighted by Crippen LogP contribution is -2.14. The van der Waals surface area contributed by atoms with Crippen molar-refractivity contribution in [3.05, 3.63) is 0 Å². The van der Waals surface area contributed by atoms with Gasteiger partial charge in [0.05, 0.1) is 5.54 Å². The summed E-state index contributed by atoms with van der Waals surface area (Å²) in [4.78, 5) is 4.13. The molecule has 3 nitrogen and oxygen atoms in total. The van der Waals surface area contributed by atoms with Gasteiger partial charge in [-0.2, -0.15) is 0 Å². The molecule has 0 aliphatic heterocycles. The van der Waals surface area contributed by atoms with Crippen LogP contribution in [0.3, 0.4) is 0 Å². The van der Waals surface area contributed by atoms with Gasteiger partial charge < -0.3 is 5.43 Å². The zero-order chi connectivity index (χ0) is 8.74. The molecule has 0 saturated carbocycles. The van der Waals surface area contributed by atoms with E-state index in [-0.39, 0.29) is 5.54 Å². The fraction of sp³-hybridized carbons (Fsp3) is 0.875. The molecular formula is C8H17N3. The molecular weight excluding hydrogens is 138 g/mol. The van der Waals surface area contributed by atoms with Crippen LogP contribution in [0.15, 0.2) is 10.1 Å². The predicted molar refractivity (Wildman–Crippen MR) is 47.9 cm³/mol. The lowest BCUT2D eigenvalue weighted by atomic mass is 10.0. The Morgan fingerprint density at radius 3 is 2.45 bits per heavy atom. The Morgan fingerprint density at radius 1 is 1.36 bits per heavy atom. The largest absolute Gasteiger partial charge is 0.301 e. The van der Waals surface area contributed by atoms with Gasteiger partial charge in [0.15, 0.2) is 0 Å². The first-order chi connectivity index (χ1) is 5.12. The summed E-state index contributed by atoms with van der Waals surface area (Å²) in [6.07, 6.45) is 1.00. The van der Waals surface area contributed by atoms with E-state index in [0.717, 1.165) is 13.0 Å². The van der Waals surface area contributed by atoms with Crippen LogP contribution in [0.25, 0.3) is 0 Å². The number of nitrogens with zero attached hydrogens (tertiary/aromatic N) is 2. The average Bonchev–Trinajstić information content (AvgIpc) is 1.99. The van der Waals surface area contributed by atoms with Gasteiger partial charge in [-0.25, -0.2) is 4.99 Å². The van der Waals surface area contributed by atoms with Crippen molar-refractivity contribution in [1.82, 2.24) is 5.43 Å². The molecule has 0 aliphatic carbocycles. The molecule has 11 heavy (non-hydrogen) atoms. The van der Waals surface area contributed by atoms with E-state index in [1.54, 1.807) is 0 Å². The van der Waals surface area contributed by atoms with E-state index in [1.165, 1.54) is 0 Å². The maximum Gasteiger partial charge on any atom is 0.115 e. The molecule has 0 fully saturated rings. The van der Waals surface area contributed by atoms with E-state index in [9.17, 15) is 0 Å². The Labute approximate surface area is 68.6 Å². The van der Waals surface area contributed by atoms with E-state index in [0.29, 0.717) is 0 Å². The van der Waals surface area contributed by atoms with Gasteiger partial charge in [-0.1, -0.05) is 6.92 Å². The van der Waals surface area contributed by atoms with Gasteiger partial charge in [0.2, 0.25) is 0 Å². The minimum Gasteiger partial charge on any atom is -0.301 e. The normalized spacial score (nSPS) is 10.2. The zero-order valence-electron chi connectivity index (χ0n) is 7.81. The van der Waals surface area contributed by atoms with Gasteiger partial charge in [0.1, 0.15) is 6.01 Å². The van der Waals surface area contributed by atoms with E-state index in [2.05, 4.69) is 42.3 Å². The predicted octanol–water partition coefficient (Wildman–Crippen LogP) is 1.87. The van der Waals surface area contributed by atoms with Gasteiger partial charge >= 0.3 is 0 Å². The number of hydrogen-bond acceptors (Lipinski definition) is 3. The molecule has 64 valence electrons. The number of aliphatic imine (C=N–C) groups is 1. The summed E-state index contributed by atoms with van der Waals surface area (Å²) in [5.74, 6) is 0. The van der Waals surface area contributed by atoms with Crippen molar-refractivity contribution in [2.75, 3.05) is 6.54 Å². The molecule has 0 saturated heterocycles. The molecule has 0 unspecified atom stereocenters. The molecule has 1 N–H and O–H groups in total. The van der Waals surface area contributed by atoms with Gasteiger partial charge in [0, 0.05) is 6.54 Å². The highest BCUT2D eigenvalue weighted by Gasteiger charge is 2.10. The highest BCUT2D eigenvalue weighted by atomic mass is 15.3. The molecule has 0 aromatic heterocycles. The number of hydrazone groups is 1. The Balaban J connectivity index is 3.89. The summed E-state index contributed by atoms with van der Waals surface area (Å²) in [6, 6.07) is 2.62. The molecule has 0 bridgehead atoms. The summed E-state index contributed by atoms with van der Waals surface area (Å²) >= 11 is 0. The van der Waals surface area contributed by atoms with Gasteiger partial charge in [0.25, 0.3) is 0 Å². The average molecular weight is 155 g/mol. The minimum atomic E-state index is -0.0288. The lowest BCUT2D eigenvalue weighted by Gasteiger charge is -2.12. The van der Waals surface area contributed by atoms with Crippen LogP contribution in [0.1, 0.15) is 34.1 Å². The SMILES string of the molecule is CCNN=C=NC(C)(C)CC. The van der Waals surface area contributed by atoms with Crippen LogP contribution >= 0.6 is 0 Å². The molecule has 0 aromatic carbocycles. The molecule has 0 rings (SSSR count). The van der Waals surface area contributed by atoms with Gasteiger partial charge in [-0.3, -0.25) is 0 Å². The lowest BCUT2D eigenvalue weighted by molar-refractivity contribution is 0.507. The summed E-state index contributed by atoms with van der Waals surface area (Å²) in [6.45, 7) is 9.01. The minimum absolute atomic E-state index is 0.0288. The van der Waals surface area contributed by atoms with Crippen LogP contribution in [0.4, 0.5) is 0 Å². The zero-order valence-corrected chi connectivity index (χ0v) is 7.81. The first kappa shape index (κ1) is 10.2. The van der Waals surface area contributed by atoms with Crippen LogP contribution in [-0.2, 0) is 0 Å². The molecule has 0 aromatic rings. The summed E-state index contributed by atoms with van der Waals surface area (Å²) in [5, 5.41) is 3.76. The van der Waals surface area contributed by atoms with Crippen molar-refractivity contribution >= 4 is 6.01 Å². The van der Waals surface area contributed by atoms with Crippen LogP contribution in [0.2, 0.25) is 0 Å². The standard InChI is InChI=1S/C8H17N3/c1-5-8(3,4)9-7-11-10-6-2/h10H,5-6H2,1-4H3. The smallest absolute Gasteiger partial charge is 0.115 e. The fourth-order valence-corrected chi connectivity index (χ4v) is 0.354. The Morgan fingerprint density at radius 2 is 2.00 bits per heavy atom. The van der Waals surface area contributed by atoms with Crippen molar-refractivity contribution in [3.8, 4) is 0 Å². The van der Waals surface area contributed by atoms with E-state index < -0.39 is 0 Å². The Bertz CT molecular complexity index is 155. The summed E-state index contributed by atoms with van der Waals surface area (Å²) < 4.78 is 0. The monoisotopic (exact) mass is 155 g/mol. The second-order valence-corrected chi connectivity index (χ2v) is 3.00. The van der Waals surface area contributed by atoms with Crippen LogP contribution in [-0.4, -0.2) is 18.1 Å². The maximum atomic E-state index is 4.13. The van der Waals surface area contributed by atoms with Crippen molar-refractivity contribution in [2.24, 2.45) is 10.1 Å². The van der Waals surface area contributed by atoms with Crippen molar-refractivity contribution < 1.29 is 0 Å². The molecule has 0 amide bonds. The van der Waals surface area contributed by atoms with E-state index in [4.69, 9.17) is 0 Å².